The molecule has 6 nitrogen and oxygen atoms in total. The molecule has 2 aromatic rings. The van der Waals surface area contributed by atoms with E-state index in [1.807, 2.05) is 0 Å². The molecule has 0 heterocycles. The predicted octanol–water partition coefficient (Wildman–Crippen LogP) is 2.50. The number of nitrogens with one attached hydrogen (secondary N) is 2. The number of hydrogen-bond donors (Lipinski definition) is 3. The Balaban J connectivity index is 2.25. The van der Waals surface area contributed by atoms with Gasteiger partial charge in [0.1, 0.15) is 5.75 Å². The molecule has 0 saturated heterocycles. The summed E-state index contributed by atoms with van der Waals surface area (Å²) in [5, 5.41) is 5.90. The molecule has 0 unspecified atom stereocenters. The second kappa shape index (κ2) is 7.62. The van der Waals surface area contributed by atoms with Gasteiger partial charge in [-0.3, -0.25) is 9.59 Å². The van der Waals surface area contributed by atoms with Crippen LogP contribution in [0, 0.1) is 0 Å². The third-order valence-electron chi connectivity index (χ3n) is 3.04. The summed E-state index contributed by atoms with van der Waals surface area (Å²) in [6.45, 7) is -0.165. The molecule has 0 aliphatic heterocycles. The molecule has 120 valence electrons. The summed E-state index contributed by atoms with van der Waals surface area (Å²) in [5.74, 6) is -0.155. The van der Waals surface area contributed by atoms with Crippen LogP contribution in [0.15, 0.2) is 42.5 Å². The van der Waals surface area contributed by atoms with Crippen LogP contribution in [-0.2, 0) is 4.79 Å². The van der Waals surface area contributed by atoms with E-state index in [-0.39, 0.29) is 18.4 Å². The van der Waals surface area contributed by atoms with Crippen LogP contribution in [-0.4, -0.2) is 25.5 Å². The first kappa shape index (κ1) is 16.8. The number of amides is 2. The van der Waals surface area contributed by atoms with E-state index in [0.717, 1.165) is 0 Å². The average molecular weight is 334 g/mol. The Kier molecular flexibility index (Phi) is 5.56. The summed E-state index contributed by atoms with van der Waals surface area (Å²) < 4.78 is 5.12. The van der Waals surface area contributed by atoms with Gasteiger partial charge in [0.2, 0.25) is 5.91 Å². The number of carbonyl (C=O) groups excluding carboxylic acids is 2. The first-order chi connectivity index (χ1) is 11.0. The van der Waals surface area contributed by atoms with Gasteiger partial charge in [0.05, 0.1) is 25.0 Å². The van der Waals surface area contributed by atoms with Gasteiger partial charge in [-0.15, -0.1) is 0 Å². The van der Waals surface area contributed by atoms with Crippen molar-refractivity contribution in [2.75, 3.05) is 24.3 Å². The molecule has 2 aromatic carbocycles. The van der Waals surface area contributed by atoms with Gasteiger partial charge >= 0.3 is 0 Å². The van der Waals surface area contributed by atoms with E-state index in [9.17, 15) is 9.59 Å². The van der Waals surface area contributed by atoms with Crippen molar-refractivity contribution in [1.82, 2.24) is 0 Å². The smallest absolute Gasteiger partial charge is 0.255 e. The molecule has 0 aliphatic rings. The van der Waals surface area contributed by atoms with Crippen molar-refractivity contribution < 1.29 is 14.3 Å². The quantitative estimate of drug-likeness (QED) is 0.783. The van der Waals surface area contributed by atoms with Crippen LogP contribution in [0.4, 0.5) is 11.4 Å². The van der Waals surface area contributed by atoms with Gasteiger partial charge in [0.25, 0.3) is 5.91 Å². The number of hydrogen-bond acceptors (Lipinski definition) is 4. The van der Waals surface area contributed by atoms with Crippen LogP contribution >= 0.6 is 11.6 Å². The van der Waals surface area contributed by atoms with Gasteiger partial charge < -0.3 is 21.1 Å². The second-order valence-corrected chi connectivity index (χ2v) is 5.06. The minimum Gasteiger partial charge on any atom is -0.497 e. The zero-order chi connectivity index (χ0) is 16.8. The van der Waals surface area contributed by atoms with Crippen molar-refractivity contribution in [1.29, 1.82) is 0 Å². The average Bonchev–Trinajstić information content (AvgIpc) is 2.56. The molecule has 2 rings (SSSR count). The molecular formula is C16H16ClN3O3. The van der Waals surface area contributed by atoms with Gasteiger partial charge in [-0.1, -0.05) is 11.6 Å². The van der Waals surface area contributed by atoms with E-state index < -0.39 is 0 Å². The summed E-state index contributed by atoms with van der Waals surface area (Å²) in [4.78, 5) is 23.8. The summed E-state index contributed by atoms with van der Waals surface area (Å²) in [7, 11) is 1.51. The van der Waals surface area contributed by atoms with E-state index in [4.69, 9.17) is 22.1 Å². The number of anilines is 2. The number of halogens is 1. The van der Waals surface area contributed by atoms with Gasteiger partial charge in [-0.05, 0) is 36.4 Å². The Hall–Kier alpha value is -2.57. The molecule has 7 heteroatoms. The van der Waals surface area contributed by atoms with E-state index in [2.05, 4.69) is 10.6 Å². The third kappa shape index (κ3) is 4.45. The zero-order valence-electron chi connectivity index (χ0n) is 12.4. The minimum absolute atomic E-state index is 0.165. The summed E-state index contributed by atoms with van der Waals surface area (Å²) >= 11 is 5.80. The SMILES string of the molecule is COc1ccc(NC(=O)c2ccc(Cl)cc2)c(NC(=O)CN)c1. The van der Waals surface area contributed by atoms with E-state index in [0.29, 0.717) is 27.7 Å². The highest BCUT2D eigenvalue weighted by Crippen LogP contribution is 2.27. The molecule has 4 N–H and O–H groups in total. The van der Waals surface area contributed by atoms with Gasteiger partial charge in [-0.25, -0.2) is 0 Å². The van der Waals surface area contributed by atoms with Crippen LogP contribution < -0.4 is 21.1 Å². The maximum absolute atomic E-state index is 12.3. The lowest BCUT2D eigenvalue weighted by molar-refractivity contribution is -0.114. The largest absolute Gasteiger partial charge is 0.497 e. The monoisotopic (exact) mass is 333 g/mol. The molecule has 0 atom stereocenters. The molecule has 0 radical (unpaired) electrons. The minimum atomic E-state index is -0.375. The Labute approximate surface area is 138 Å². The fourth-order valence-electron chi connectivity index (χ4n) is 1.86. The molecular weight excluding hydrogens is 318 g/mol. The Morgan fingerprint density at radius 3 is 2.39 bits per heavy atom. The van der Waals surface area contributed by atoms with Crippen molar-refractivity contribution in [2.45, 2.75) is 0 Å². The number of benzene rings is 2. The second-order valence-electron chi connectivity index (χ2n) is 4.62. The highest BCUT2D eigenvalue weighted by Gasteiger charge is 2.12. The first-order valence-corrected chi connectivity index (χ1v) is 7.16. The molecule has 0 aromatic heterocycles. The molecule has 0 saturated carbocycles. The highest BCUT2D eigenvalue weighted by molar-refractivity contribution is 6.30. The molecule has 0 spiro atoms. The number of methoxy groups -OCH3 is 1. The normalized spacial score (nSPS) is 10.0. The summed E-state index contributed by atoms with van der Waals surface area (Å²) in [5.41, 5.74) is 6.59. The van der Waals surface area contributed by atoms with Crippen molar-refractivity contribution in [3.8, 4) is 5.75 Å². The third-order valence-corrected chi connectivity index (χ3v) is 3.29. The van der Waals surface area contributed by atoms with Crippen molar-refractivity contribution in [3.63, 3.8) is 0 Å². The molecule has 0 aliphatic carbocycles. The number of carbonyl (C=O) groups is 2. The molecule has 2 amide bonds. The van der Waals surface area contributed by atoms with Crippen LogP contribution in [0.1, 0.15) is 10.4 Å². The van der Waals surface area contributed by atoms with Gasteiger partial charge in [0, 0.05) is 16.7 Å². The van der Waals surface area contributed by atoms with Crippen molar-refractivity contribution >= 4 is 34.8 Å². The number of ether oxygens (including phenoxy) is 1. The zero-order valence-corrected chi connectivity index (χ0v) is 13.2. The van der Waals surface area contributed by atoms with Gasteiger partial charge in [0.15, 0.2) is 0 Å². The summed E-state index contributed by atoms with van der Waals surface area (Å²) in [6, 6.07) is 11.4. The van der Waals surface area contributed by atoms with Crippen LogP contribution in [0.2, 0.25) is 5.02 Å². The number of nitrogens with two attached hydrogens (primary N) is 1. The maximum Gasteiger partial charge on any atom is 0.255 e. The summed E-state index contributed by atoms with van der Waals surface area (Å²) in [6.07, 6.45) is 0. The van der Waals surface area contributed by atoms with E-state index in [1.165, 1.54) is 7.11 Å². The molecule has 0 fully saturated rings. The Bertz CT molecular complexity index is 717. The lowest BCUT2D eigenvalue weighted by atomic mass is 10.2. The van der Waals surface area contributed by atoms with E-state index >= 15 is 0 Å². The van der Waals surface area contributed by atoms with E-state index in [1.54, 1.807) is 42.5 Å². The Morgan fingerprint density at radius 1 is 1.09 bits per heavy atom. The first-order valence-electron chi connectivity index (χ1n) is 6.78. The standard InChI is InChI=1S/C16H16ClN3O3/c1-23-12-6-7-13(14(8-12)19-15(21)9-18)20-16(22)10-2-4-11(17)5-3-10/h2-8H,9,18H2,1H3,(H,19,21)(H,20,22). The predicted molar refractivity (Wildman–Crippen MR) is 90.1 cm³/mol. The van der Waals surface area contributed by atoms with Crippen LogP contribution in [0.25, 0.3) is 0 Å². The van der Waals surface area contributed by atoms with Crippen molar-refractivity contribution in [2.24, 2.45) is 5.73 Å². The van der Waals surface area contributed by atoms with Crippen LogP contribution in [0.3, 0.4) is 0 Å². The Morgan fingerprint density at radius 2 is 1.78 bits per heavy atom. The maximum atomic E-state index is 12.3. The molecule has 23 heavy (non-hydrogen) atoms. The lowest BCUT2D eigenvalue weighted by Crippen LogP contribution is -2.23. The van der Waals surface area contributed by atoms with Crippen molar-refractivity contribution in [3.05, 3.63) is 53.1 Å². The number of rotatable bonds is 5. The fourth-order valence-corrected chi connectivity index (χ4v) is 1.99. The van der Waals surface area contributed by atoms with Crippen LogP contribution in [0.5, 0.6) is 5.75 Å². The lowest BCUT2D eigenvalue weighted by Gasteiger charge is -2.13. The molecule has 0 bridgehead atoms. The topological polar surface area (TPSA) is 93.5 Å². The van der Waals surface area contributed by atoms with Gasteiger partial charge in [-0.2, -0.15) is 0 Å². The highest BCUT2D eigenvalue weighted by atomic mass is 35.5. The fraction of sp³-hybridized carbons (Fsp3) is 0.125.